The molecule has 2 heterocycles. The number of hydrogen-bond donors (Lipinski definition) is 2. The fourth-order valence-corrected chi connectivity index (χ4v) is 3.53. The van der Waals surface area contributed by atoms with Crippen LogP contribution in [0.15, 0.2) is 47.4 Å². The molecule has 2 aromatic rings. The van der Waals surface area contributed by atoms with Gasteiger partial charge in [0.2, 0.25) is 5.91 Å². The van der Waals surface area contributed by atoms with Crippen molar-refractivity contribution < 1.29 is 14.0 Å². The molecule has 1 aromatic heterocycles. The van der Waals surface area contributed by atoms with Crippen LogP contribution in [0.2, 0.25) is 0 Å². The summed E-state index contributed by atoms with van der Waals surface area (Å²) >= 11 is 0. The highest BCUT2D eigenvalue weighted by Crippen LogP contribution is 2.11. The van der Waals surface area contributed by atoms with Gasteiger partial charge in [-0.2, -0.15) is 0 Å². The van der Waals surface area contributed by atoms with E-state index in [2.05, 4.69) is 22.5 Å². The fraction of sp³-hybridized carbons (Fsp3) is 0.409. The van der Waals surface area contributed by atoms with Crippen LogP contribution in [0.1, 0.15) is 36.5 Å². The zero-order valence-corrected chi connectivity index (χ0v) is 17.1. The lowest BCUT2D eigenvalue weighted by Crippen LogP contribution is -2.45. The Labute approximate surface area is 174 Å². The van der Waals surface area contributed by atoms with Crippen LogP contribution < -0.4 is 16.2 Å². The Hall–Kier alpha value is -3.00. The first kappa shape index (κ1) is 21.7. The average molecular weight is 414 g/mol. The van der Waals surface area contributed by atoms with Gasteiger partial charge in [-0.1, -0.05) is 6.42 Å². The maximum Gasteiger partial charge on any atom is 0.263 e. The lowest BCUT2D eigenvalue weighted by molar-refractivity contribution is -0.122. The molecule has 1 saturated heterocycles. The van der Waals surface area contributed by atoms with Crippen molar-refractivity contribution in [2.24, 2.45) is 0 Å². The van der Waals surface area contributed by atoms with Crippen molar-refractivity contribution in [3.8, 4) is 0 Å². The first-order valence-electron chi connectivity index (χ1n) is 10.2. The Morgan fingerprint density at radius 1 is 1.10 bits per heavy atom. The smallest absolute Gasteiger partial charge is 0.263 e. The predicted octanol–water partition coefficient (Wildman–Crippen LogP) is 2.23. The minimum absolute atomic E-state index is 0.0868. The van der Waals surface area contributed by atoms with Crippen LogP contribution in [0.25, 0.3) is 0 Å². The monoisotopic (exact) mass is 414 g/mol. The number of rotatable bonds is 7. The molecule has 0 radical (unpaired) electrons. The number of aromatic nitrogens is 1. The number of amides is 2. The molecule has 8 heteroatoms. The molecule has 0 aliphatic carbocycles. The van der Waals surface area contributed by atoms with E-state index in [0.29, 0.717) is 12.2 Å². The first-order chi connectivity index (χ1) is 14.4. The van der Waals surface area contributed by atoms with Crippen molar-refractivity contribution in [2.75, 3.05) is 25.0 Å². The van der Waals surface area contributed by atoms with Crippen molar-refractivity contribution in [3.05, 3.63) is 64.3 Å². The Balaban J connectivity index is 1.58. The molecule has 1 atom stereocenters. The van der Waals surface area contributed by atoms with Gasteiger partial charge in [-0.05, 0) is 69.3 Å². The van der Waals surface area contributed by atoms with Gasteiger partial charge in [0.05, 0.1) is 0 Å². The molecule has 0 spiro atoms. The van der Waals surface area contributed by atoms with E-state index in [1.807, 2.05) is 0 Å². The van der Waals surface area contributed by atoms with Crippen molar-refractivity contribution in [1.29, 1.82) is 0 Å². The highest BCUT2D eigenvalue weighted by atomic mass is 19.1. The van der Waals surface area contributed by atoms with Gasteiger partial charge in [0.25, 0.3) is 11.5 Å². The summed E-state index contributed by atoms with van der Waals surface area (Å²) in [5.41, 5.74) is -0.270. The molecular weight excluding hydrogens is 387 g/mol. The second-order valence-corrected chi connectivity index (χ2v) is 7.57. The van der Waals surface area contributed by atoms with Crippen molar-refractivity contribution in [1.82, 2.24) is 14.8 Å². The van der Waals surface area contributed by atoms with Crippen LogP contribution in [-0.4, -0.2) is 47.0 Å². The molecular formula is C22H27FN4O3. The van der Waals surface area contributed by atoms with Gasteiger partial charge in [0.1, 0.15) is 17.9 Å². The molecule has 2 N–H and O–H groups in total. The third-order valence-electron chi connectivity index (χ3n) is 5.29. The van der Waals surface area contributed by atoms with E-state index >= 15 is 0 Å². The molecule has 160 valence electrons. The number of nitrogens with one attached hydrogen (secondary N) is 2. The fourth-order valence-electron chi connectivity index (χ4n) is 3.53. The predicted molar refractivity (Wildman–Crippen MR) is 113 cm³/mol. The number of piperidine rings is 1. The SMILES string of the molecule is C[C@H](CNC(=O)Cn1cccc(C(=O)Nc2ccc(F)cc2)c1=O)N1CCCCC1. The van der Waals surface area contributed by atoms with Crippen molar-refractivity contribution in [2.45, 2.75) is 38.8 Å². The zero-order valence-electron chi connectivity index (χ0n) is 17.1. The summed E-state index contributed by atoms with van der Waals surface area (Å²) in [7, 11) is 0. The first-order valence-corrected chi connectivity index (χ1v) is 10.2. The normalized spacial score (nSPS) is 15.4. The van der Waals surface area contributed by atoms with Crippen LogP contribution in [-0.2, 0) is 11.3 Å². The summed E-state index contributed by atoms with van der Waals surface area (Å²) in [6.45, 7) is 4.52. The second-order valence-electron chi connectivity index (χ2n) is 7.57. The lowest BCUT2D eigenvalue weighted by Gasteiger charge is -2.32. The van der Waals surface area contributed by atoms with Crippen molar-refractivity contribution in [3.63, 3.8) is 0 Å². The maximum atomic E-state index is 13.0. The summed E-state index contributed by atoms with van der Waals surface area (Å²) in [5, 5.41) is 5.43. The van der Waals surface area contributed by atoms with Crippen LogP contribution in [0.5, 0.6) is 0 Å². The third-order valence-corrected chi connectivity index (χ3v) is 5.29. The summed E-state index contributed by atoms with van der Waals surface area (Å²) in [4.78, 5) is 39.7. The average Bonchev–Trinajstić information content (AvgIpc) is 2.75. The highest BCUT2D eigenvalue weighted by molar-refractivity contribution is 6.04. The Bertz CT molecular complexity index is 936. The number of nitrogens with zero attached hydrogens (tertiary/aromatic N) is 2. The molecule has 7 nitrogen and oxygen atoms in total. The van der Waals surface area contributed by atoms with Crippen LogP contribution in [0, 0.1) is 5.82 Å². The largest absolute Gasteiger partial charge is 0.353 e. The Morgan fingerprint density at radius 3 is 2.50 bits per heavy atom. The maximum absolute atomic E-state index is 13.0. The topological polar surface area (TPSA) is 83.4 Å². The number of hydrogen-bond acceptors (Lipinski definition) is 4. The van der Waals surface area contributed by atoms with Crippen LogP contribution in [0.3, 0.4) is 0 Å². The molecule has 0 bridgehead atoms. The number of carbonyl (C=O) groups is 2. The Kier molecular flexibility index (Phi) is 7.35. The number of halogens is 1. The van der Waals surface area contributed by atoms with Gasteiger partial charge in [-0.3, -0.25) is 19.3 Å². The number of likely N-dealkylation sites (tertiary alicyclic amines) is 1. The minimum Gasteiger partial charge on any atom is -0.353 e. The standard InChI is InChI=1S/C22H27FN4O3/c1-16(26-11-3-2-4-12-26)14-24-20(28)15-27-13-5-6-19(22(27)30)21(29)25-18-9-7-17(23)8-10-18/h5-10,13,16H,2-4,11-12,14-15H2,1H3,(H,24,28)(H,25,29)/t16-/m1/s1. The van der Waals surface area contributed by atoms with E-state index in [9.17, 15) is 18.8 Å². The van der Waals surface area contributed by atoms with Crippen LogP contribution >= 0.6 is 0 Å². The number of benzene rings is 1. The minimum atomic E-state index is -0.611. The molecule has 30 heavy (non-hydrogen) atoms. The molecule has 0 saturated carbocycles. The van der Waals surface area contributed by atoms with E-state index in [-0.39, 0.29) is 24.1 Å². The molecule has 1 aromatic carbocycles. The molecule has 0 unspecified atom stereocenters. The van der Waals surface area contributed by atoms with E-state index in [1.165, 1.54) is 60.4 Å². The number of carbonyl (C=O) groups excluding carboxylic acids is 2. The van der Waals surface area contributed by atoms with Crippen molar-refractivity contribution >= 4 is 17.5 Å². The van der Waals surface area contributed by atoms with E-state index in [1.54, 1.807) is 6.07 Å². The van der Waals surface area contributed by atoms with Gasteiger partial charge in [-0.25, -0.2) is 4.39 Å². The molecule has 1 aliphatic rings. The second kappa shape index (κ2) is 10.2. The van der Waals surface area contributed by atoms with E-state index < -0.39 is 17.3 Å². The highest BCUT2D eigenvalue weighted by Gasteiger charge is 2.18. The number of anilines is 1. The zero-order chi connectivity index (χ0) is 21.5. The van der Waals surface area contributed by atoms with E-state index in [0.717, 1.165) is 13.1 Å². The van der Waals surface area contributed by atoms with Crippen LogP contribution in [0.4, 0.5) is 10.1 Å². The third kappa shape index (κ3) is 5.76. The number of pyridine rings is 1. The summed E-state index contributed by atoms with van der Waals surface area (Å²) < 4.78 is 14.2. The molecule has 2 amide bonds. The molecule has 1 fully saturated rings. The van der Waals surface area contributed by atoms with Gasteiger partial charge < -0.3 is 15.2 Å². The van der Waals surface area contributed by atoms with Gasteiger partial charge in [0.15, 0.2) is 0 Å². The van der Waals surface area contributed by atoms with E-state index in [4.69, 9.17) is 0 Å². The summed E-state index contributed by atoms with van der Waals surface area (Å²) in [6, 6.07) is 8.43. The summed E-state index contributed by atoms with van der Waals surface area (Å²) in [5.74, 6) is -1.31. The van der Waals surface area contributed by atoms with Gasteiger partial charge >= 0.3 is 0 Å². The lowest BCUT2D eigenvalue weighted by atomic mass is 10.1. The molecule has 1 aliphatic heterocycles. The summed E-state index contributed by atoms with van der Waals surface area (Å²) in [6.07, 6.45) is 5.09. The Morgan fingerprint density at radius 2 is 1.80 bits per heavy atom. The van der Waals surface area contributed by atoms with Gasteiger partial charge in [-0.15, -0.1) is 0 Å². The van der Waals surface area contributed by atoms with Gasteiger partial charge in [0, 0.05) is 24.5 Å². The quantitative estimate of drug-likeness (QED) is 0.728. The molecule has 3 rings (SSSR count).